The highest BCUT2D eigenvalue weighted by molar-refractivity contribution is 6.30. The molecule has 0 unspecified atom stereocenters. The van der Waals surface area contributed by atoms with E-state index in [4.69, 9.17) is 11.6 Å². The van der Waals surface area contributed by atoms with Crippen molar-refractivity contribution in [3.8, 4) is 11.1 Å². The summed E-state index contributed by atoms with van der Waals surface area (Å²) < 4.78 is 0. The van der Waals surface area contributed by atoms with Gasteiger partial charge in [-0.1, -0.05) is 23.7 Å². The summed E-state index contributed by atoms with van der Waals surface area (Å²) in [6, 6.07) is 9.97. The van der Waals surface area contributed by atoms with Crippen LogP contribution in [0, 0.1) is 0 Å². The monoisotopic (exact) mass is 329 g/mol. The van der Waals surface area contributed by atoms with Gasteiger partial charge in [0.15, 0.2) is 0 Å². The van der Waals surface area contributed by atoms with Crippen LogP contribution >= 0.6 is 11.6 Å². The van der Waals surface area contributed by atoms with E-state index in [1.165, 1.54) is 0 Å². The second-order valence-electron chi connectivity index (χ2n) is 5.82. The van der Waals surface area contributed by atoms with E-state index >= 15 is 0 Å². The molecule has 2 heterocycles. The Kier molecular flexibility index (Phi) is 4.94. The average molecular weight is 330 g/mol. The first-order valence-corrected chi connectivity index (χ1v) is 8.22. The first kappa shape index (κ1) is 16.0. The summed E-state index contributed by atoms with van der Waals surface area (Å²) in [5.41, 5.74) is 2.57. The number of amides is 1. The first-order chi connectivity index (χ1) is 11.2. The molecule has 1 aromatic heterocycles. The molecule has 0 radical (unpaired) electrons. The number of piperidine rings is 1. The smallest absolute Gasteiger partial charge is 0.255 e. The minimum absolute atomic E-state index is 0.0582. The Morgan fingerprint density at radius 1 is 1.17 bits per heavy atom. The molecular weight excluding hydrogens is 310 g/mol. The van der Waals surface area contributed by atoms with E-state index in [-0.39, 0.29) is 5.91 Å². The van der Waals surface area contributed by atoms with Crippen LogP contribution in [0.1, 0.15) is 23.2 Å². The number of pyridine rings is 1. The highest BCUT2D eigenvalue weighted by atomic mass is 35.5. The fourth-order valence-electron chi connectivity index (χ4n) is 2.91. The molecule has 0 spiro atoms. The fraction of sp³-hybridized carbons (Fsp3) is 0.333. The molecular formula is C18H20ClN3O. The topological polar surface area (TPSA) is 45.2 Å². The highest BCUT2D eigenvalue weighted by Gasteiger charge is 2.23. The predicted molar refractivity (Wildman–Crippen MR) is 92.7 cm³/mol. The summed E-state index contributed by atoms with van der Waals surface area (Å²) in [6.07, 6.45) is 5.40. The lowest BCUT2D eigenvalue weighted by Gasteiger charge is -2.31. The third-order valence-corrected chi connectivity index (χ3v) is 4.61. The van der Waals surface area contributed by atoms with Gasteiger partial charge in [-0.3, -0.25) is 9.78 Å². The largest absolute Gasteiger partial charge is 0.338 e. The molecule has 1 saturated heterocycles. The fourth-order valence-corrected chi connectivity index (χ4v) is 3.04. The van der Waals surface area contributed by atoms with Crippen LogP contribution in [0.5, 0.6) is 0 Å². The number of likely N-dealkylation sites (tertiary alicyclic amines) is 1. The third kappa shape index (κ3) is 3.71. The zero-order valence-corrected chi connectivity index (χ0v) is 13.9. The van der Waals surface area contributed by atoms with Crippen molar-refractivity contribution in [1.29, 1.82) is 0 Å². The number of halogens is 1. The Bertz CT molecular complexity index is 679. The van der Waals surface area contributed by atoms with E-state index in [9.17, 15) is 4.79 Å². The van der Waals surface area contributed by atoms with Gasteiger partial charge in [0.05, 0.1) is 5.56 Å². The number of hydrogen-bond donors (Lipinski definition) is 1. The minimum Gasteiger partial charge on any atom is -0.338 e. The first-order valence-electron chi connectivity index (χ1n) is 7.85. The molecule has 1 amide bonds. The molecule has 0 saturated carbocycles. The van der Waals surface area contributed by atoms with E-state index in [1.807, 2.05) is 42.3 Å². The van der Waals surface area contributed by atoms with Crippen molar-refractivity contribution in [1.82, 2.24) is 15.2 Å². The summed E-state index contributed by atoms with van der Waals surface area (Å²) >= 11 is 5.92. The number of hydrogen-bond acceptors (Lipinski definition) is 3. The van der Waals surface area contributed by atoms with Crippen LogP contribution in [0.15, 0.2) is 42.7 Å². The van der Waals surface area contributed by atoms with Gasteiger partial charge in [0.2, 0.25) is 0 Å². The van der Waals surface area contributed by atoms with Crippen LogP contribution in [-0.4, -0.2) is 42.0 Å². The maximum absolute atomic E-state index is 12.7. The maximum Gasteiger partial charge on any atom is 0.255 e. The Morgan fingerprint density at radius 3 is 2.52 bits per heavy atom. The van der Waals surface area contributed by atoms with Crippen LogP contribution < -0.4 is 5.32 Å². The van der Waals surface area contributed by atoms with Gasteiger partial charge >= 0.3 is 0 Å². The quantitative estimate of drug-likeness (QED) is 0.940. The SMILES string of the molecule is CNC1CCN(C(=O)c2cncc(-c3ccc(Cl)cc3)c2)CC1. The summed E-state index contributed by atoms with van der Waals surface area (Å²) in [5.74, 6) is 0.0582. The lowest BCUT2D eigenvalue weighted by Crippen LogP contribution is -2.43. The molecule has 1 N–H and O–H groups in total. The number of nitrogens with zero attached hydrogens (tertiary/aromatic N) is 2. The van der Waals surface area contributed by atoms with Crippen LogP contribution in [0.4, 0.5) is 0 Å². The van der Waals surface area contributed by atoms with Crippen molar-refractivity contribution < 1.29 is 4.79 Å². The summed E-state index contributed by atoms with van der Waals surface area (Å²) in [7, 11) is 1.97. The van der Waals surface area contributed by atoms with Crippen molar-refractivity contribution in [3.63, 3.8) is 0 Å². The zero-order chi connectivity index (χ0) is 16.2. The molecule has 1 aliphatic rings. The summed E-state index contributed by atoms with van der Waals surface area (Å²) in [6.45, 7) is 1.57. The zero-order valence-electron chi connectivity index (χ0n) is 13.1. The van der Waals surface area contributed by atoms with E-state index in [0.29, 0.717) is 16.6 Å². The predicted octanol–water partition coefficient (Wildman–Crippen LogP) is 3.23. The molecule has 1 aromatic carbocycles. The molecule has 4 nitrogen and oxygen atoms in total. The van der Waals surface area contributed by atoms with Gasteiger partial charge in [-0.05, 0) is 43.7 Å². The van der Waals surface area contributed by atoms with E-state index in [0.717, 1.165) is 37.1 Å². The molecule has 1 fully saturated rings. The number of benzene rings is 1. The van der Waals surface area contributed by atoms with Gasteiger partial charge < -0.3 is 10.2 Å². The minimum atomic E-state index is 0.0582. The normalized spacial score (nSPS) is 15.7. The van der Waals surface area contributed by atoms with Crippen molar-refractivity contribution in [3.05, 3.63) is 53.3 Å². The van der Waals surface area contributed by atoms with Crippen LogP contribution in [0.2, 0.25) is 5.02 Å². The van der Waals surface area contributed by atoms with Crippen molar-refractivity contribution in [2.45, 2.75) is 18.9 Å². The van der Waals surface area contributed by atoms with Gasteiger partial charge in [0, 0.05) is 42.1 Å². The second kappa shape index (κ2) is 7.11. The van der Waals surface area contributed by atoms with Gasteiger partial charge in [-0.2, -0.15) is 0 Å². The molecule has 3 rings (SSSR count). The van der Waals surface area contributed by atoms with Crippen molar-refractivity contribution in [2.24, 2.45) is 0 Å². The standard InChI is InChI=1S/C18H20ClN3O/c1-20-17-6-8-22(9-7-17)18(23)15-10-14(11-21-12-15)13-2-4-16(19)5-3-13/h2-5,10-12,17,20H,6-9H2,1H3. The Morgan fingerprint density at radius 2 is 1.87 bits per heavy atom. The third-order valence-electron chi connectivity index (χ3n) is 4.35. The molecule has 5 heteroatoms. The van der Waals surface area contributed by atoms with Crippen molar-refractivity contribution >= 4 is 17.5 Å². The number of aromatic nitrogens is 1. The molecule has 120 valence electrons. The lowest BCUT2D eigenvalue weighted by molar-refractivity contribution is 0.0707. The number of nitrogens with one attached hydrogen (secondary N) is 1. The summed E-state index contributed by atoms with van der Waals surface area (Å²) in [5, 5.41) is 3.97. The van der Waals surface area contributed by atoms with Gasteiger partial charge in [0.1, 0.15) is 0 Å². The van der Waals surface area contributed by atoms with Gasteiger partial charge in [-0.15, -0.1) is 0 Å². The summed E-state index contributed by atoms with van der Waals surface area (Å²) in [4.78, 5) is 18.8. The van der Waals surface area contributed by atoms with Crippen molar-refractivity contribution in [2.75, 3.05) is 20.1 Å². The highest BCUT2D eigenvalue weighted by Crippen LogP contribution is 2.22. The van der Waals surface area contributed by atoms with E-state index < -0.39 is 0 Å². The Hall–Kier alpha value is -1.91. The average Bonchev–Trinajstić information content (AvgIpc) is 2.62. The number of carbonyl (C=O) groups is 1. The molecule has 0 bridgehead atoms. The molecule has 2 aromatic rings. The van der Waals surface area contributed by atoms with Gasteiger partial charge in [0.25, 0.3) is 5.91 Å². The molecule has 0 aliphatic carbocycles. The number of rotatable bonds is 3. The van der Waals surface area contributed by atoms with Gasteiger partial charge in [-0.25, -0.2) is 0 Å². The second-order valence-corrected chi connectivity index (χ2v) is 6.26. The Balaban J connectivity index is 1.77. The maximum atomic E-state index is 12.7. The van der Waals surface area contributed by atoms with Crippen LogP contribution in [-0.2, 0) is 0 Å². The lowest BCUT2D eigenvalue weighted by atomic mass is 10.0. The van der Waals surface area contributed by atoms with E-state index in [2.05, 4.69) is 10.3 Å². The van der Waals surface area contributed by atoms with E-state index in [1.54, 1.807) is 12.4 Å². The van der Waals surface area contributed by atoms with Crippen LogP contribution in [0.3, 0.4) is 0 Å². The number of carbonyl (C=O) groups excluding carboxylic acids is 1. The molecule has 1 aliphatic heterocycles. The van der Waals surface area contributed by atoms with Crippen LogP contribution in [0.25, 0.3) is 11.1 Å². The molecule has 23 heavy (non-hydrogen) atoms. The molecule has 0 atom stereocenters. The Labute approximate surface area is 141 Å².